The summed E-state index contributed by atoms with van der Waals surface area (Å²) in [5.74, 6) is -1.92. The Balaban J connectivity index is 1.49. The molecule has 0 bridgehead atoms. The number of nitrogens with one attached hydrogen (secondary N) is 1. The van der Waals surface area contributed by atoms with E-state index in [-0.39, 0.29) is 37.2 Å². The van der Waals surface area contributed by atoms with Gasteiger partial charge in [-0.2, -0.15) is 0 Å². The maximum absolute atomic E-state index is 13.4. The van der Waals surface area contributed by atoms with Crippen LogP contribution in [0.4, 0.5) is 15.8 Å². The van der Waals surface area contributed by atoms with Crippen molar-refractivity contribution in [1.82, 2.24) is 4.90 Å². The number of benzene rings is 3. The second kappa shape index (κ2) is 13.7. The lowest BCUT2D eigenvalue weighted by atomic mass is 10.1. The van der Waals surface area contributed by atoms with Crippen LogP contribution in [0.15, 0.2) is 77.8 Å². The number of carbonyl (C=O) groups is 4. The van der Waals surface area contributed by atoms with Gasteiger partial charge in [0, 0.05) is 18.7 Å². The second-order valence-corrected chi connectivity index (χ2v) is 10.1. The summed E-state index contributed by atoms with van der Waals surface area (Å²) in [6.07, 6.45) is 0.356. The van der Waals surface area contributed by atoms with Crippen molar-refractivity contribution in [3.05, 3.63) is 95.3 Å². The molecule has 1 fully saturated rings. The van der Waals surface area contributed by atoms with Crippen molar-refractivity contribution in [3.63, 3.8) is 0 Å². The molecule has 2 amide bonds. The summed E-state index contributed by atoms with van der Waals surface area (Å²) in [6.45, 7) is 2.27. The van der Waals surface area contributed by atoms with E-state index >= 15 is 0 Å². The standard InChI is InChI=1S/C30H28FN3O6S/c1-3-40-29(38)21-8-14-24(15-9-21)33-30-34(17-16-19-4-10-22(31)11-5-19)27(36)25(41-30)18-26(35)32-23-12-6-20(7-13-23)28(37)39-2/h4-15,25H,3,16-18H2,1-2H3,(H,32,35)/t25-/m0/s1. The summed E-state index contributed by atoms with van der Waals surface area (Å²) >= 11 is 1.18. The zero-order valence-corrected chi connectivity index (χ0v) is 23.3. The largest absolute Gasteiger partial charge is 0.465 e. The molecular formula is C30H28FN3O6S. The quantitative estimate of drug-likeness (QED) is 0.338. The molecule has 1 aliphatic rings. The molecule has 3 aromatic rings. The summed E-state index contributed by atoms with van der Waals surface area (Å²) < 4.78 is 23.0. The van der Waals surface area contributed by atoms with Crippen LogP contribution in [0.25, 0.3) is 0 Å². The number of aliphatic imine (C=N–C) groups is 1. The maximum Gasteiger partial charge on any atom is 0.338 e. The van der Waals surface area contributed by atoms with E-state index in [1.807, 2.05) is 0 Å². The Morgan fingerprint density at radius 2 is 1.59 bits per heavy atom. The fourth-order valence-corrected chi connectivity index (χ4v) is 5.19. The highest BCUT2D eigenvalue weighted by atomic mass is 32.2. The Morgan fingerprint density at radius 3 is 2.22 bits per heavy atom. The molecule has 0 saturated carbocycles. The summed E-state index contributed by atoms with van der Waals surface area (Å²) in [5.41, 5.74) is 2.57. The molecule has 0 aliphatic carbocycles. The first-order valence-electron chi connectivity index (χ1n) is 12.8. The highest BCUT2D eigenvalue weighted by molar-refractivity contribution is 8.15. The molecule has 0 aromatic heterocycles. The number of amidine groups is 1. The molecule has 1 aliphatic heterocycles. The molecule has 212 valence electrons. The van der Waals surface area contributed by atoms with Crippen LogP contribution in [-0.4, -0.2) is 59.3 Å². The lowest BCUT2D eigenvalue weighted by molar-refractivity contribution is -0.128. The number of rotatable bonds is 10. The van der Waals surface area contributed by atoms with Crippen LogP contribution in [0.1, 0.15) is 39.6 Å². The number of esters is 2. The SMILES string of the molecule is CCOC(=O)c1ccc(N=C2S[C@@H](CC(=O)Nc3ccc(C(=O)OC)cc3)C(=O)N2CCc2ccc(F)cc2)cc1. The lowest BCUT2D eigenvalue weighted by Gasteiger charge is -2.16. The summed E-state index contributed by atoms with van der Waals surface area (Å²) in [4.78, 5) is 56.0. The molecule has 1 atom stereocenters. The molecule has 3 aromatic carbocycles. The van der Waals surface area contributed by atoms with E-state index in [1.54, 1.807) is 55.5 Å². The molecule has 1 saturated heterocycles. The zero-order valence-electron chi connectivity index (χ0n) is 22.5. The monoisotopic (exact) mass is 577 g/mol. The Labute approximate surface area is 240 Å². The Morgan fingerprint density at radius 1 is 0.951 bits per heavy atom. The van der Waals surface area contributed by atoms with Gasteiger partial charge < -0.3 is 14.8 Å². The topological polar surface area (TPSA) is 114 Å². The van der Waals surface area contributed by atoms with Gasteiger partial charge in [-0.15, -0.1) is 0 Å². The van der Waals surface area contributed by atoms with Crippen LogP contribution in [0.2, 0.25) is 0 Å². The molecule has 0 spiro atoms. The van der Waals surface area contributed by atoms with Gasteiger partial charge in [-0.05, 0) is 79.6 Å². The van der Waals surface area contributed by atoms with Crippen molar-refractivity contribution < 1.29 is 33.0 Å². The number of hydrogen-bond donors (Lipinski definition) is 1. The van der Waals surface area contributed by atoms with Crippen LogP contribution < -0.4 is 5.32 Å². The maximum atomic E-state index is 13.4. The third kappa shape index (κ3) is 7.79. The number of amides is 2. The molecular weight excluding hydrogens is 549 g/mol. The molecule has 1 N–H and O–H groups in total. The van der Waals surface area contributed by atoms with Gasteiger partial charge in [0.05, 0.1) is 30.5 Å². The van der Waals surface area contributed by atoms with Gasteiger partial charge in [0.1, 0.15) is 11.1 Å². The average molecular weight is 578 g/mol. The molecule has 0 radical (unpaired) electrons. The average Bonchev–Trinajstić information content (AvgIpc) is 3.26. The number of ether oxygens (including phenoxy) is 2. The van der Waals surface area contributed by atoms with E-state index < -0.39 is 17.2 Å². The minimum absolute atomic E-state index is 0.101. The van der Waals surface area contributed by atoms with Gasteiger partial charge in [0.25, 0.3) is 0 Å². The number of methoxy groups -OCH3 is 1. The fourth-order valence-electron chi connectivity index (χ4n) is 4.01. The normalized spacial score (nSPS) is 15.6. The third-order valence-corrected chi connectivity index (χ3v) is 7.30. The number of carbonyl (C=O) groups excluding carboxylic acids is 4. The minimum atomic E-state index is -0.713. The summed E-state index contributed by atoms with van der Waals surface area (Å²) in [6, 6.07) is 18.8. The fraction of sp³-hybridized carbons (Fsp3) is 0.233. The number of hydrogen-bond acceptors (Lipinski definition) is 8. The van der Waals surface area contributed by atoms with Crippen molar-refractivity contribution in [3.8, 4) is 0 Å². The number of anilines is 1. The van der Waals surface area contributed by atoms with Gasteiger partial charge >= 0.3 is 11.9 Å². The molecule has 11 heteroatoms. The van der Waals surface area contributed by atoms with Crippen molar-refractivity contribution in [2.75, 3.05) is 25.6 Å². The summed E-state index contributed by atoms with van der Waals surface area (Å²) in [5, 5.41) is 2.45. The lowest BCUT2D eigenvalue weighted by Crippen LogP contribution is -2.35. The van der Waals surface area contributed by atoms with Crippen LogP contribution in [-0.2, 0) is 25.5 Å². The third-order valence-electron chi connectivity index (χ3n) is 6.12. The first kappa shape index (κ1) is 29.5. The first-order valence-corrected chi connectivity index (χ1v) is 13.7. The molecule has 0 unspecified atom stereocenters. The Bertz CT molecular complexity index is 1440. The van der Waals surface area contributed by atoms with Crippen LogP contribution in [0, 0.1) is 5.82 Å². The van der Waals surface area contributed by atoms with E-state index in [2.05, 4.69) is 15.0 Å². The van der Waals surface area contributed by atoms with Gasteiger partial charge in [0.15, 0.2) is 5.17 Å². The smallest absolute Gasteiger partial charge is 0.338 e. The van der Waals surface area contributed by atoms with E-state index in [1.165, 1.54) is 48.0 Å². The zero-order chi connectivity index (χ0) is 29.4. The van der Waals surface area contributed by atoms with Crippen LogP contribution in [0.3, 0.4) is 0 Å². The van der Waals surface area contributed by atoms with Crippen molar-refractivity contribution >= 4 is 52.1 Å². The van der Waals surface area contributed by atoms with Crippen molar-refractivity contribution in [1.29, 1.82) is 0 Å². The Kier molecular flexibility index (Phi) is 9.86. The highest BCUT2D eigenvalue weighted by Gasteiger charge is 2.39. The number of halogens is 1. The summed E-state index contributed by atoms with van der Waals surface area (Å²) in [7, 11) is 1.29. The highest BCUT2D eigenvalue weighted by Crippen LogP contribution is 2.32. The van der Waals surface area contributed by atoms with E-state index in [9.17, 15) is 23.6 Å². The van der Waals surface area contributed by atoms with Gasteiger partial charge in [-0.3, -0.25) is 14.5 Å². The molecule has 41 heavy (non-hydrogen) atoms. The molecule has 4 rings (SSSR count). The molecule has 1 heterocycles. The first-order chi connectivity index (χ1) is 19.8. The van der Waals surface area contributed by atoms with Gasteiger partial charge in [-0.25, -0.2) is 19.0 Å². The van der Waals surface area contributed by atoms with Gasteiger partial charge in [-0.1, -0.05) is 23.9 Å². The van der Waals surface area contributed by atoms with Crippen LogP contribution in [0.5, 0.6) is 0 Å². The number of nitrogens with zero attached hydrogens (tertiary/aromatic N) is 2. The molecule has 9 nitrogen and oxygen atoms in total. The predicted molar refractivity (Wildman–Crippen MR) is 154 cm³/mol. The van der Waals surface area contributed by atoms with Crippen molar-refractivity contribution in [2.24, 2.45) is 4.99 Å². The van der Waals surface area contributed by atoms with E-state index in [0.717, 1.165) is 5.56 Å². The van der Waals surface area contributed by atoms with E-state index in [4.69, 9.17) is 4.74 Å². The van der Waals surface area contributed by atoms with Crippen LogP contribution >= 0.6 is 11.8 Å². The second-order valence-electron chi connectivity index (χ2n) is 8.96. The minimum Gasteiger partial charge on any atom is -0.465 e. The Hall–Kier alpha value is -4.51. The van der Waals surface area contributed by atoms with Gasteiger partial charge in [0.2, 0.25) is 11.8 Å². The predicted octanol–water partition coefficient (Wildman–Crippen LogP) is 4.99. The number of thioether (sulfide) groups is 1. The van der Waals surface area contributed by atoms with E-state index in [0.29, 0.717) is 34.1 Å². The van der Waals surface area contributed by atoms with Crippen molar-refractivity contribution in [2.45, 2.75) is 25.0 Å².